The van der Waals surface area contributed by atoms with Crippen molar-refractivity contribution in [3.05, 3.63) is 0 Å². The summed E-state index contributed by atoms with van der Waals surface area (Å²) in [5.41, 5.74) is 0. The summed E-state index contributed by atoms with van der Waals surface area (Å²) in [6.07, 6.45) is -14.5. The van der Waals surface area contributed by atoms with Gasteiger partial charge in [0.1, 0.15) is 0 Å². The van der Waals surface area contributed by atoms with Gasteiger partial charge in [0.2, 0.25) is 0 Å². The van der Waals surface area contributed by atoms with Gasteiger partial charge in [0.15, 0.2) is 0 Å². The molecule has 0 aliphatic heterocycles. The molecule has 0 saturated carbocycles. The molecule has 5 unspecified atom stereocenters. The van der Waals surface area contributed by atoms with E-state index >= 15 is 0 Å². The maximum atomic E-state index is 9.58. The Morgan fingerprint density at radius 2 is 0.383 bits per heavy atom. The van der Waals surface area contributed by atoms with E-state index < -0.39 is 122 Å². The molecule has 2 radical (unpaired) electrons. The summed E-state index contributed by atoms with van der Waals surface area (Å²) in [5.74, 6) is -17.1. The van der Waals surface area contributed by atoms with Gasteiger partial charge < -0.3 is 125 Å². The zero-order valence-electron chi connectivity index (χ0n) is 22.7. The predicted octanol–water partition coefficient (Wildman–Crippen LogP) is -18.8. The smallest absolute Gasteiger partial charge is 0.0985 e. The van der Waals surface area contributed by atoms with E-state index in [0.717, 1.165) is 0 Å². The minimum Gasteiger partial charge on any atom is -0.550 e. The van der Waals surface area contributed by atoms with Crippen LogP contribution in [0.3, 0.4) is 0 Å². The van der Waals surface area contributed by atoms with Crippen LogP contribution in [0.2, 0.25) is 0 Å². The second-order valence-electron chi connectivity index (χ2n) is 7.05. The van der Waals surface area contributed by atoms with Crippen LogP contribution >= 0.6 is 0 Å². The molecule has 0 bridgehead atoms. The van der Waals surface area contributed by atoms with Gasteiger partial charge in [-0.05, 0) is 0 Å². The number of carbonyl (C=O) groups excluding carboxylic acids is 10. The molecule has 0 heterocycles. The number of hydrogen-bond acceptors (Lipinski definition) is 25. The van der Waals surface area contributed by atoms with E-state index in [1.54, 1.807) is 0 Å². The average molecular weight is 762 g/mol. The Labute approximate surface area is 283 Å². The summed E-state index contributed by atoms with van der Waals surface area (Å²) in [7, 11) is 0. The SMILES string of the molecule is O=C([O-])CC(O)C(=O)[O-].O=C([O-])CC(O)C(=O)[O-].O=C([O-])CC(O)C(=O)[O-].O=C([O-])CC(O)C(=O)[O-].O=C([O-])CC(O)C(=O)[O-].[V].[V]. The number of rotatable bonds is 15. The van der Waals surface area contributed by atoms with Crippen molar-refractivity contribution >= 4 is 59.7 Å². The molecular weight excluding hydrogens is 742 g/mol. The Balaban J connectivity index is -0.0000000842. The van der Waals surface area contributed by atoms with Gasteiger partial charge in [-0.25, -0.2) is 0 Å². The van der Waals surface area contributed by atoms with Crippen molar-refractivity contribution in [2.45, 2.75) is 62.6 Å². The third-order valence-electron chi connectivity index (χ3n) is 3.16. The normalized spacial score (nSPS) is 12.0. The van der Waals surface area contributed by atoms with Crippen LogP contribution in [-0.4, -0.2) is 116 Å². The van der Waals surface area contributed by atoms with Crippen molar-refractivity contribution in [1.29, 1.82) is 0 Å². The van der Waals surface area contributed by atoms with E-state index in [2.05, 4.69) is 0 Å². The first-order valence-corrected chi connectivity index (χ1v) is 10.6. The number of aliphatic hydroxyl groups excluding tert-OH is 5. The van der Waals surface area contributed by atoms with Crippen LogP contribution in [0.25, 0.3) is 0 Å². The molecule has 5 atom stereocenters. The minimum atomic E-state index is -1.96. The first-order valence-electron chi connectivity index (χ1n) is 10.6. The van der Waals surface area contributed by atoms with Gasteiger partial charge in [-0.3, -0.25) is 0 Å². The van der Waals surface area contributed by atoms with Gasteiger partial charge in [-0.2, -0.15) is 0 Å². The van der Waals surface area contributed by atoms with Crippen molar-refractivity contribution in [1.82, 2.24) is 0 Å². The fraction of sp³-hybridized carbons (Fsp3) is 0.500. The molecule has 25 nitrogen and oxygen atoms in total. The number of carboxylic acids is 10. The summed E-state index contributed by atoms with van der Waals surface area (Å²) >= 11 is 0. The van der Waals surface area contributed by atoms with Crippen LogP contribution < -0.4 is 51.1 Å². The number of aliphatic carboxylic acids is 10. The van der Waals surface area contributed by atoms with E-state index in [9.17, 15) is 99.0 Å². The van der Waals surface area contributed by atoms with Crippen molar-refractivity contribution in [2.75, 3.05) is 0 Å². The molecule has 0 rings (SSSR count). The van der Waals surface area contributed by atoms with Gasteiger partial charge >= 0.3 is 0 Å². The van der Waals surface area contributed by atoms with E-state index in [0.29, 0.717) is 0 Å². The van der Waals surface area contributed by atoms with Gasteiger partial charge in [-0.1, -0.05) is 0 Å². The van der Waals surface area contributed by atoms with Crippen LogP contribution in [0.5, 0.6) is 0 Å². The van der Waals surface area contributed by atoms with Gasteiger partial charge in [-0.15, -0.1) is 0 Å². The molecule has 47 heavy (non-hydrogen) atoms. The molecule has 0 fully saturated rings. The van der Waals surface area contributed by atoms with E-state index in [-0.39, 0.29) is 37.1 Å². The van der Waals surface area contributed by atoms with E-state index in [4.69, 9.17) is 25.5 Å². The van der Waals surface area contributed by atoms with Crippen LogP contribution in [0.15, 0.2) is 0 Å². The number of aliphatic hydroxyl groups is 5. The third-order valence-corrected chi connectivity index (χ3v) is 3.16. The Morgan fingerprint density at radius 1 is 0.298 bits per heavy atom. The van der Waals surface area contributed by atoms with Crippen LogP contribution in [0.4, 0.5) is 0 Å². The van der Waals surface area contributed by atoms with Crippen molar-refractivity contribution in [3.8, 4) is 0 Å². The Kier molecular flexibility index (Phi) is 40.9. The molecule has 270 valence electrons. The molecule has 0 spiro atoms. The molecule has 0 aliphatic rings. The average Bonchev–Trinajstić information content (AvgIpc) is 2.83. The van der Waals surface area contributed by atoms with Crippen molar-refractivity contribution in [2.24, 2.45) is 0 Å². The number of carbonyl (C=O) groups is 10. The Hall–Kier alpha value is -4.33. The minimum absolute atomic E-state index is 0. The second-order valence-corrected chi connectivity index (χ2v) is 7.05. The molecule has 0 amide bonds. The molecule has 0 aromatic carbocycles. The summed E-state index contributed by atoms with van der Waals surface area (Å²) in [6, 6.07) is 0. The van der Waals surface area contributed by atoms with Crippen molar-refractivity contribution in [3.63, 3.8) is 0 Å². The first-order chi connectivity index (χ1) is 20.2. The van der Waals surface area contributed by atoms with E-state index in [1.807, 2.05) is 0 Å². The summed E-state index contributed by atoms with van der Waals surface area (Å²) < 4.78 is 0. The van der Waals surface area contributed by atoms with E-state index in [1.165, 1.54) is 0 Å². The van der Waals surface area contributed by atoms with Crippen LogP contribution in [0.1, 0.15) is 32.1 Å². The van der Waals surface area contributed by atoms with Crippen molar-refractivity contribution < 1.29 is 162 Å². The maximum absolute atomic E-state index is 9.58. The molecule has 5 N–H and O–H groups in total. The molecular formula is C20H20O25V2-10. The third kappa shape index (κ3) is 51.5. The number of carboxylic acid groups (broad SMARTS) is 10. The first kappa shape index (κ1) is 58.2. The fourth-order valence-electron chi connectivity index (χ4n) is 1.21. The molecule has 0 aromatic heterocycles. The zero-order valence-corrected chi connectivity index (χ0v) is 25.5. The molecule has 0 aromatic rings. The topological polar surface area (TPSA) is 502 Å². The molecule has 0 aliphatic carbocycles. The standard InChI is InChI=1S/5C4H6O5.2V/c5*5-2(4(8)9)1-3(6)7;;/h5*2,5H,1H2,(H,6,7)(H,8,9);;/p-10. The van der Waals surface area contributed by atoms with Crippen LogP contribution in [0, 0.1) is 0 Å². The van der Waals surface area contributed by atoms with Gasteiger partial charge in [0, 0.05) is 99.1 Å². The summed E-state index contributed by atoms with van der Waals surface area (Å²) in [6.45, 7) is 0. The molecule has 0 saturated heterocycles. The predicted molar refractivity (Wildman–Crippen MR) is 103 cm³/mol. The maximum Gasteiger partial charge on any atom is 0.0985 e. The summed E-state index contributed by atoms with van der Waals surface area (Å²) in [4.78, 5) is 95.7. The Bertz CT molecular complexity index is 842. The number of hydrogen-bond donors (Lipinski definition) is 5. The zero-order chi connectivity index (χ0) is 37.2. The molecule has 27 heteroatoms. The fourth-order valence-corrected chi connectivity index (χ4v) is 1.21. The summed E-state index contributed by atoms with van der Waals surface area (Å²) in [5, 5.41) is 137. The monoisotopic (exact) mass is 762 g/mol. The van der Waals surface area contributed by atoms with Crippen LogP contribution in [-0.2, 0) is 85.1 Å². The quantitative estimate of drug-likeness (QED) is 0.103. The van der Waals surface area contributed by atoms with Gasteiger partial charge in [0.05, 0.1) is 60.4 Å². The Morgan fingerprint density at radius 3 is 0.404 bits per heavy atom. The second kappa shape index (κ2) is 33.0. The largest absolute Gasteiger partial charge is 0.550 e. The van der Waals surface area contributed by atoms with Gasteiger partial charge in [0.25, 0.3) is 0 Å².